The van der Waals surface area contributed by atoms with Crippen molar-refractivity contribution in [3.05, 3.63) is 41.6 Å². The quantitative estimate of drug-likeness (QED) is 0.838. The number of hydrogen-bond donors (Lipinski definition) is 1. The van der Waals surface area contributed by atoms with Crippen LogP contribution in [0.15, 0.2) is 29.0 Å². The summed E-state index contributed by atoms with van der Waals surface area (Å²) in [6, 6.07) is 4.84. The molecular weight excluding hydrogens is 250 g/mol. The van der Waals surface area contributed by atoms with Gasteiger partial charge in [-0.05, 0) is 45.9 Å². The molecule has 2 aromatic heterocycles. The summed E-state index contributed by atoms with van der Waals surface area (Å²) < 4.78 is 7.45. The summed E-state index contributed by atoms with van der Waals surface area (Å²) in [5.41, 5.74) is 2.35. The van der Waals surface area contributed by atoms with Gasteiger partial charge in [0.2, 0.25) is 0 Å². The first-order chi connectivity index (χ1) is 9.61. The van der Waals surface area contributed by atoms with Crippen LogP contribution in [0.4, 0.5) is 0 Å². The van der Waals surface area contributed by atoms with Crippen molar-refractivity contribution in [3.63, 3.8) is 0 Å². The van der Waals surface area contributed by atoms with Crippen LogP contribution in [0, 0.1) is 6.92 Å². The molecule has 4 nitrogen and oxygen atoms in total. The van der Waals surface area contributed by atoms with E-state index in [1.54, 1.807) is 6.26 Å². The zero-order chi connectivity index (χ0) is 14.5. The van der Waals surface area contributed by atoms with Crippen molar-refractivity contribution in [3.8, 4) is 0 Å². The molecular formula is C16H25N3O. The van der Waals surface area contributed by atoms with E-state index in [0.29, 0.717) is 6.04 Å². The molecule has 2 heterocycles. The van der Waals surface area contributed by atoms with Crippen molar-refractivity contribution in [2.75, 3.05) is 6.54 Å². The first-order valence-corrected chi connectivity index (χ1v) is 7.43. The molecule has 1 unspecified atom stereocenters. The fourth-order valence-corrected chi connectivity index (χ4v) is 2.35. The average Bonchev–Trinajstić information content (AvgIpc) is 3.03. The monoisotopic (exact) mass is 275 g/mol. The number of nitrogens with one attached hydrogen (secondary N) is 1. The number of hydrogen-bond acceptors (Lipinski definition) is 3. The van der Waals surface area contributed by atoms with E-state index in [0.717, 1.165) is 30.8 Å². The lowest BCUT2D eigenvalue weighted by Gasteiger charge is -2.17. The Bertz CT molecular complexity index is 527. The van der Waals surface area contributed by atoms with Crippen LogP contribution in [-0.2, 0) is 6.42 Å². The lowest BCUT2D eigenvalue weighted by molar-refractivity contribution is 0.482. The molecule has 0 saturated heterocycles. The predicted octanol–water partition coefficient (Wildman–Crippen LogP) is 3.65. The fraction of sp³-hybridized carbons (Fsp3) is 0.562. The van der Waals surface area contributed by atoms with E-state index >= 15 is 0 Å². The number of aryl methyl sites for hydroxylation is 1. The van der Waals surface area contributed by atoms with Crippen LogP contribution in [0.2, 0.25) is 0 Å². The van der Waals surface area contributed by atoms with Crippen LogP contribution in [0.25, 0.3) is 0 Å². The zero-order valence-electron chi connectivity index (χ0n) is 12.9. The van der Waals surface area contributed by atoms with Gasteiger partial charge in [-0.3, -0.25) is 4.68 Å². The smallest absolute Gasteiger partial charge is 0.105 e. The Labute approximate surface area is 121 Å². The maximum absolute atomic E-state index is 5.44. The Morgan fingerprint density at radius 2 is 2.15 bits per heavy atom. The van der Waals surface area contributed by atoms with E-state index < -0.39 is 0 Å². The van der Waals surface area contributed by atoms with Crippen LogP contribution in [0.5, 0.6) is 0 Å². The third kappa shape index (κ3) is 3.51. The van der Waals surface area contributed by atoms with Crippen molar-refractivity contribution < 1.29 is 4.42 Å². The number of nitrogens with zero attached hydrogens (tertiary/aromatic N) is 2. The summed E-state index contributed by atoms with van der Waals surface area (Å²) in [4.78, 5) is 0. The molecule has 0 fully saturated rings. The van der Waals surface area contributed by atoms with Crippen LogP contribution in [-0.4, -0.2) is 16.3 Å². The van der Waals surface area contributed by atoms with E-state index in [1.165, 1.54) is 5.56 Å². The van der Waals surface area contributed by atoms with Gasteiger partial charge < -0.3 is 9.73 Å². The molecule has 1 atom stereocenters. The highest BCUT2D eigenvalue weighted by molar-refractivity contribution is 5.22. The summed E-state index contributed by atoms with van der Waals surface area (Å²) in [6.45, 7) is 9.48. The van der Waals surface area contributed by atoms with Crippen molar-refractivity contribution in [1.29, 1.82) is 0 Å². The van der Waals surface area contributed by atoms with Gasteiger partial charge in [0, 0.05) is 30.3 Å². The second-order valence-corrected chi connectivity index (χ2v) is 5.52. The highest BCUT2D eigenvalue weighted by Crippen LogP contribution is 2.22. The van der Waals surface area contributed by atoms with Gasteiger partial charge in [0.25, 0.3) is 0 Å². The van der Waals surface area contributed by atoms with Crippen molar-refractivity contribution in [2.24, 2.45) is 0 Å². The highest BCUT2D eigenvalue weighted by Gasteiger charge is 2.17. The van der Waals surface area contributed by atoms with Gasteiger partial charge >= 0.3 is 0 Å². The molecule has 0 bridgehead atoms. The van der Waals surface area contributed by atoms with Crippen molar-refractivity contribution >= 4 is 0 Å². The number of furan rings is 1. The van der Waals surface area contributed by atoms with Gasteiger partial charge in [-0.1, -0.05) is 6.92 Å². The number of aromatic nitrogens is 2. The van der Waals surface area contributed by atoms with Gasteiger partial charge in [-0.25, -0.2) is 0 Å². The van der Waals surface area contributed by atoms with Crippen molar-refractivity contribution in [2.45, 2.75) is 52.6 Å². The molecule has 110 valence electrons. The van der Waals surface area contributed by atoms with Gasteiger partial charge in [0.15, 0.2) is 0 Å². The summed E-state index contributed by atoms with van der Waals surface area (Å²) in [5, 5.41) is 8.23. The van der Waals surface area contributed by atoms with E-state index in [9.17, 15) is 0 Å². The maximum Gasteiger partial charge on any atom is 0.105 e. The molecule has 0 aliphatic heterocycles. The molecule has 0 aliphatic carbocycles. The summed E-state index contributed by atoms with van der Waals surface area (Å²) in [6.07, 6.45) is 5.82. The molecule has 2 rings (SSSR count). The lowest BCUT2D eigenvalue weighted by Crippen LogP contribution is -2.24. The number of rotatable bonds is 7. The van der Waals surface area contributed by atoms with Gasteiger partial charge in [-0.2, -0.15) is 5.10 Å². The minimum absolute atomic E-state index is 0.268. The second kappa shape index (κ2) is 6.75. The molecule has 0 amide bonds. The van der Waals surface area contributed by atoms with E-state index in [4.69, 9.17) is 4.42 Å². The summed E-state index contributed by atoms with van der Waals surface area (Å²) in [7, 11) is 0. The molecule has 2 aromatic rings. The largest absolute Gasteiger partial charge is 0.469 e. The lowest BCUT2D eigenvalue weighted by atomic mass is 10.0. The normalized spacial score (nSPS) is 13.1. The molecule has 4 heteroatoms. The molecule has 0 radical (unpaired) electrons. The zero-order valence-corrected chi connectivity index (χ0v) is 12.9. The molecule has 0 aromatic carbocycles. The van der Waals surface area contributed by atoms with Gasteiger partial charge in [0.1, 0.15) is 5.76 Å². The van der Waals surface area contributed by atoms with Crippen LogP contribution >= 0.6 is 0 Å². The topological polar surface area (TPSA) is 43.0 Å². The Kier molecular flexibility index (Phi) is 5.01. The van der Waals surface area contributed by atoms with E-state index in [1.807, 2.05) is 11.6 Å². The Balaban J connectivity index is 2.12. The first-order valence-electron chi connectivity index (χ1n) is 7.43. The van der Waals surface area contributed by atoms with Gasteiger partial charge in [-0.15, -0.1) is 0 Å². The first kappa shape index (κ1) is 14.9. The Morgan fingerprint density at radius 3 is 2.70 bits per heavy atom. The molecule has 0 aliphatic rings. The van der Waals surface area contributed by atoms with Crippen molar-refractivity contribution in [1.82, 2.24) is 15.1 Å². The molecule has 1 N–H and O–H groups in total. The minimum atomic E-state index is 0.268. The van der Waals surface area contributed by atoms with Crippen LogP contribution in [0.3, 0.4) is 0 Å². The molecule has 0 spiro atoms. The highest BCUT2D eigenvalue weighted by atomic mass is 16.3. The molecule has 20 heavy (non-hydrogen) atoms. The minimum Gasteiger partial charge on any atom is -0.469 e. The van der Waals surface area contributed by atoms with E-state index in [-0.39, 0.29) is 6.04 Å². The molecule has 0 saturated carbocycles. The maximum atomic E-state index is 5.44. The third-order valence-corrected chi connectivity index (χ3v) is 3.52. The summed E-state index contributed by atoms with van der Waals surface area (Å²) in [5.74, 6) is 0.988. The third-order valence-electron chi connectivity index (χ3n) is 3.52. The van der Waals surface area contributed by atoms with E-state index in [2.05, 4.69) is 49.5 Å². The predicted molar refractivity (Wildman–Crippen MR) is 80.8 cm³/mol. The standard InChI is InChI=1S/C16H25N3O/c1-5-8-17-16(15-7-10-20-13(15)4)11-14-6-9-19(18-14)12(2)3/h6-7,9-10,12,16-17H,5,8,11H2,1-4H3. The SMILES string of the molecule is CCCNC(Cc1ccn(C(C)C)n1)c1ccoc1C. The fourth-order valence-electron chi connectivity index (χ4n) is 2.35. The average molecular weight is 275 g/mol. The Hall–Kier alpha value is -1.55. The van der Waals surface area contributed by atoms with Crippen LogP contribution in [0.1, 0.15) is 56.3 Å². The second-order valence-electron chi connectivity index (χ2n) is 5.52. The Morgan fingerprint density at radius 1 is 1.35 bits per heavy atom. The van der Waals surface area contributed by atoms with Crippen LogP contribution < -0.4 is 5.32 Å². The summed E-state index contributed by atoms with van der Waals surface area (Å²) >= 11 is 0. The van der Waals surface area contributed by atoms with Gasteiger partial charge in [0.05, 0.1) is 12.0 Å².